The van der Waals surface area contributed by atoms with E-state index in [9.17, 15) is 4.79 Å². The Hall–Kier alpha value is -1.51. The highest BCUT2D eigenvalue weighted by atomic mass is 16.5. The van der Waals surface area contributed by atoms with Gasteiger partial charge in [-0.25, -0.2) is 4.79 Å². The van der Waals surface area contributed by atoms with E-state index in [-0.39, 0.29) is 18.2 Å². The summed E-state index contributed by atoms with van der Waals surface area (Å²) < 4.78 is 11.1. The van der Waals surface area contributed by atoms with Crippen molar-refractivity contribution in [3.63, 3.8) is 0 Å². The van der Waals surface area contributed by atoms with Crippen molar-refractivity contribution in [1.29, 1.82) is 0 Å². The molecule has 100 valence electrons. The second-order valence-corrected chi connectivity index (χ2v) is 4.46. The zero-order valence-corrected chi connectivity index (χ0v) is 11.6. The molecule has 2 unspecified atom stereocenters. The highest BCUT2D eigenvalue weighted by Crippen LogP contribution is 2.21. The van der Waals surface area contributed by atoms with E-state index in [0.717, 1.165) is 12.8 Å². The summed E-state index contributed by atoms with van der Waals surface area (Å²) in [5.41, 5.74) is 0.498. The normalized spacial score (nSPS) is 13.8. The second-order valence-electron chi connectivity index (χ2n) is 4.46. The third-order valence-corrected chi connectivity index (χ3v) is 2.89. The predicted octanol–water partition coefficient (Wildman–Crippen LogP) is 3.82. The maximum Gasteiger partial charge on any atom is 0.342 e. The molecule has 3 heteroatoms. The van der Waals surface area contributed by atoms with Crippen molar-refractivity contribution in [2.45, 2.75) is 52.7 Å². The van der Waals surface area contributed by atoms with Crippen molar-refractivity contribution in [2.75, 3.05) is 0 Å². The van der Waals surface area contributed by atoms with Crippen molar-refractivity contribution in [1.82, 2.24) is 0 Å². The fourth-order valence-electron chi connectivity index (χ4n) is 1.37. The first-order valence-corrected chi connectivity index (χ1v) is 6.55. The van der Waals surface area contributed by atoms with Crippen LogP contribution in [0.4, 0.5) is 0 Å². The summed E-state index contributed by atoms with van der Waals surface area (Å²) >= 11 is 0. The Kier molecular flexibility index (Phi) is 5.69. The fourth-order valence-corrected chi connectivity index (χ4v) is 1.37. The number of rotatable bonds is 6. The first-order valence-electron chi connectivity index (χ1n) is 6.55. The number of hydrogen-bond acceptors (Lipinski definition) is 3. The van der Waals surface area contributed by atoms with E-state index in [1.807, 2.05) is 39.8 Å². The van der Waals surface area contributed by atoms with Crippen LogP contribution in [-0.4, -0.2) is 18.2 Å². The van der Waals surface area contributed by atoms with Crippen LogP contribution in [0.3, 0.4) is 0 Å². The number of carbonyl (C=O) groups is 1. The maximum atomic E-state index is 12.0. The monoisotopic (exact) mass is 250 g/mol. The summed E-state index contributed by atoms with van der Waals surface area (Å²) in [6.45, 7) is 7.90. The van der Waals surface area contributed by atoms with Gasteiger partial charge in [-0.1, -0.05) is 26.0 Å². The van der Waals surface area contributed by atoms with Gasteiger partial charge in [-0.3, -0.25) is 0 Å². The highest BCUT2D eigenvalue weighted by Gasteiger charge is 2.16. The van der Waals surface area contributed by atoms with Crippen LogP contribution in [0.5, 0.6) is 5.75 Å². The minimum Gasteiger partial charge on any atom is -0.490 e. The number of para-hydroxylation sites is 1. The number of ether oxygens (including phenoxy) is 2. The molecule has 0 N–H and O–H groups in total. The summed E-state index contributed by atoms with van der Waals surface area (Å²) in [6.07, 6.45) is 1.71. The van der Waals surface area contributed by atoms with Crippen LogP contribution >= 0.6 is 0 Å². The van der Waals surface area contributed by atoms with Gasteiger partial charge < -0.3 is 9.47 Å². The Morgan fingerprint density at radius 2 is 1.72 bits per heavy atom. The van der Waals surface area contributed by atoms with Crippen LogP contribution in [0, 0.1) is 0 Å². The van der Waals surface area contributed by atoms with E-state index in [4.69, 9.17) is 9.47 Å². The van der Waals surface area contributed by atoms with Crippen molar-refractivity contribution in [3.8, 4) is 5.75 Å². The molecule has 0 heterocycles. The molecule has 0 bridgehead atoms. The Balaban J connectivity index is 2.84. The standard InChI is InChI=1S/C15H22O3/c1-5-11(3)17-14-10-8-7-9-13(14)15(16)18-12(4)6-2/h7-12H,5-6H2,1-4H3. The van der Waals surface area contributed by atoms with Crippen LogP contribution in [-0.2, 0) is 4.74 Å². The van der Waals surface area contributed by atoms with Crippen molar-refractivity contribution in [2.24, 2.45) is 0 Å². The zero-order chi connectivity index (χ0) is 13.5. The lowest BCUT2D eigenvalue weighted by Gasteiger charge is -2.17. The fraction of sp³-hybridized carbons (Fsp3) is 0.533. The molecule has 0 aliphatic heterocycles. The molecule has 1 rings (SSSR count). The smallest absolute Gasteiger partial charge is 0.342 e. The molecule has 18 heavy (non-hydrogen) atoms. The number of carbonyl (C=O) groups excluding carboxylic acids is 1. The Bertz CT molecular complexity index is 387. The Labute approximate surface area is 109 Å². The third-order valence-electron chi connectivity index (χ3n) is 2.89. The predicted molar refractivity (Wildman–Crippen MR) is 72.0 cm³/mol. The second kappa shape index (κ2) is 7.04. The van der Waals surface area contributed by atoms with Gasteiger partial charge in [-0.15, -0.1) is 0 Å². The molecule has 2 atom stereocenters. The van der Waals surface area contributed by atoms with E-state index < -0.39 is 0 Å². The molecule has 0 spiro atoms. The Morgan fingerprint density at radius 1 is 1.11 bits per heavy atom. The van der Waals surface area contributed by atoms with Gasteiger partial charge in [-0.2, -0.15) is 0 Å². The molecule has 0 saturated carbocycles. The summed E-state index contributed by atoms with van der Waals surface area (Å²) in [5.74, 6) is 0.281. The molecular weight excluding hydrogens is 228 g/mol. The van der Waals surface area contributed by atoms with E-state index in [1.165, 1.54) is 0 Å². The average molecular weight is 250 g/mol. The summed E-state index contributed by atoms with van der Waals surface area (Å²) in [5, 5.41) is 0. The number of benzene rings is 1. The molecule has 0 saturated heterocycles. The van der Waals surface area contributed by atoms with Gasteiger partial charge in [0, 0.05) is 0 Å². The molecule has 1 aromatic carbocycles. The summed E-state index contributed by atoms with van der Waals surface area (Å²) in [7, 11) is 0. The van der Waals surface area contributed by atoms with Gasteiger partial charge >= 0.3 is 5.97 Å². The molecule has 0 fully saturated rings. The summed E-state index contributed by atoms with van der Waals surface area (Å²) in [6, 6.07) is 7.22. The van der Waals surface area contributed by atoms with Gasteiger partial charge in [-0.05, 0) is 38.8 Å². The molecule has 0 amide bonds. The highest BCUT2D eigenvalue weighted by molar-refractivity contribution is 5.92. The van der Waals surface area contributed by atoms with Crippen LogP contribution in [0.2, 0.25) is 0 Å². The lowest BCUT2D eigenvalue weighted by molar-refractivity contribution is 0.0328. The van der Waals surface area contributed by atoms with Gasteiger partial charge in [0.2, 0.25) is 0 Å². The minimum absolute atomic E-state index is 0.0749. The van der Waals surface area contributed by atoms with Crippen molar-refractivity contribution >= 4 is 5.97 Å². The van der Waals surface area contributed by atoms with Crippen molar-refractivity contribution in [3.05, 3.63) is 29.8 Å². The maximum absolute atomic E-state index is 12.0. The van der Waals surface area contributed by atoms with Crippen LogP contribution in [0.1, 0.15) is 50.9 Å². The molecule has 3 nitrogen and oxygen atoms in total. The first-order chi connectivity index (χ1) is 8.58. The molecular formula is C15H22O3. The lowest BCUT2D eigenvalue weighted by Crippen LogP contribution is -2.17. The van der Waals surface area contributed by atoms with E-state index >= 15 is 0 Å². The van der Waals surface area contributed by atoms with Crippen LogP contribution in [0.15, 0.2) is 24.3 Å². The minimum atomic E-state index is -0.316. The van der Waals surface area contributed by atoms with Gasteiger partial charge in [0.1, 0.15) is 11.3 Å². The average Bonchev–Trinajstić information content (AvgIpc) is 2.38. The SMILES string of the molecule is CCC(C)OC(=O)c1ccccc1OC(C)CC. The number of hydrogen-bond donors (Lipinski definition) is 0. The van der Waals surface area contributed by atoms with Crippen molar-refractivity contribution < 1.29 is 14.3 Å². The largest absolute Gasteiger partial charge is 0.490 e. The summed E-state index contributed by atoms with van der Waals surface area (Å²) in [4.78, 5) is 12.0. The van der Waals surface area contributed by atoms with Gasteiger partial charge in [0.25, 0.3) is 0 Å². The van der Waals surface area contributed by atoms with Gasteiger partial charge in [0.15, 0.2) is 0 Å². The topological polar surface area (TPSA) is 35.5 Å². The Morgan fingerprint density at radius 3 is 2.33 bits per heavy atom. The lowest BCUT2D eigenvalue weighted by atomic mass is 10.2. The molecule has 0 aliphatic carbocycles. The van der Waals surface area contributed by atoms with Crippen LogP contribution in [0.25, 0.3) is 0 Å². The molecule has 0 aromatic heterocycles. The van der Waals surface area contributed by atoms with E-state index in [2.05, 4.69) is 0 Å². The van der Waals surface area contributed by atoms with E-state index in [1.54, 1.807) is 12.1 Å². The third kappa shape index (κ3) is 4.06. The first kappa shape index (κ1) is 14.6. The van der Waals surface area contributed by atoms with E-state index in [0.29, 0.717) is 11.3 Å². The molecule has 0 aliphatic rings. The zero-order valence-electron chi connectivity index (χ0n) is 11.6. The van der Waals surface area contributed by atoms with Gasteiger partial charge in [0.05, 0.1) is 12.2 Å². The number of esters is 1. The quantitative estimate of drug-likeness (QED) is 0.720. The molecule has 0 radical (unpaired) electrons. The molecule has 1 aromatic rings. The van der Waals surface area contributed by atoms with Crippen LogP contribution < -0.4 is 4.74 Å².